The largest absolute Gasteiger partial charge is 0.397 e. The number of imidazole rings is 1. The van der Waals surface area contributed by atoms with Crippen LogP contribution in [0.1, 0.15) is 25.1 Å². The maximum atomic E-state index is 5.91. The molecule has 114 valence electrons. The number of rotatable bonds is 2. The molecule has 3 N–H and O–H groups in total. The number of nitrogens with zero attached hydrogens (tertiary/aromatic N) is 2. The average Bonchev–Trinajstić information content (AvgIpc) is 2.74. The van der Waals surface area contributed by atoms with Gasteiger partial charge in [-0.15, -0.1) is 37.2 Å². The molecular weight excluding hydrogens is 319 g/mol. The smallest absolute Gasteiger partial charge is 0.121 e. The molecule has 0 radical (unpaired) electrons. The number of fused-ring (bicyclic) bond motifs is 1. The van der Waals surface area contributed by atoms with Crippen molar-refractivity contribution < 1.29 is 0 Å². The van der Waals surface area contributed by atoms with Crippen molar-refractivity contribution in [3.8, 4) is 0 Å². The van der Waals surface area contributed by atoms with Crippen LogP contribution < -0.4 is 5.73 Å². The first kappa shape index (κ1) is 19.3. The van der Waals surface area contributed by atoms with Crippen LogP contribution in [-0.4, -0.2) is 28.0 Å². The highest BCUT2D eigenvalue weighted by molar-refractivity contribution is 5.87. The van der Waals surface area contributed by atoms with Gasteiger partial charge in [0, 0.05) is 0 Å². The number of aromatic nitrogens is 2. The molecule has 0 bridgehead atoms. The summed E-state index contributed by atoms with van der Waals surface area (Å²) in [6.07, 6.45) is 3.98. The quantitative estimate of drug-likeness (QED) is 0.825. The number of aromatic amines is 1. The summed E-state index contributed by atoms with van der Waals surface area (Å²) in [6.45, 7) is 3.28. The predicted molar refractivity (Wildman–Crippen MR) is 91.4 cm³/mol. The van der Waals surface area contributed by atoms with E-state index in [9.17, 15) is 0 Å². The summed E-state index contributed by atoms with van der Waals surface area (Å²) >= 11 is 0. The second-order valence-electron chi connectivity index (χ2n) is 4.76. The zero-order valence-electron chi connectivity index (χ0n) is 11.2. The monoisotopic (exact) mass is 338 g/mol. The van der Waals surface area contributed by atoms with Crippen molar-refractivity contribution in [3.05, 3.63) is 24.0 Å². The van der Waals surface area contributed by atoms with Gasteiger partial charge >= 0.3 is 0 Å². The van der Waals surface area contributed by atoms with E-state index < -0.39 is 0 Å². The molecule has 0 aliphatic carbocycles. The lowest BCUT2D eigenvalue weighted by atomic mass is 10.1. The summed E-state index contributed by atoms with van der Waals surface area (Å²) in [4.78, 5) is 10.4. The number of H-pyrrole nitrogens is 1. The third-order valence-corrected chi connectivity index (χ3v) is 3.42. The van der Waals surface area contributed by atoms with Crippen molar-refractivity contribution in [2.45, 2.75) is 25.8 Å². The number of benzene rings is 1. The molecule has 1 saturated heterocycles. The lowest BCUT2D eigenvalue weighted by Crippen LogP contribution is -2.29. The third kappa shape index (κ3) is 4.16. The van der Waals surface area contributed by atoms with Crippen LogP contribution in [0.25, 0.3) is 11.0 Å². The lowest BCUT2D eigenvalue weighted by Gasteiger charge is -2.25. The molecule has 1 aliphatic rings. The Morgan fingerprint density at radius 3 is 2.45 bits per heavy atom. The summed E-state index contributed by atoms with van der Waals surface area (Å²) in [7, 11) is 0. The van der Waals surface area contributed by atoms with Gasteiger partial charge in [0.05, 0.1) is 17.7 Å². The molecule has 0 spiro atoms. The van der Waals surface area contributed by atoms with Crippen molar-refractivity contribution in [2.75, 3.05) is 18.8 Å². The number of likely N-dealkylation sites (tertiary alicyclic amines) is 1. The second-order valence-corrected chi connectivity index (χ2v) is 4.76. The van der Waals surface area contributed by atoms with Gasteiger partial charge in [-0.2, -0.15) is 0 Å². The van der Waals surface area contributed by atoms with Crippen LogP contribution in [0.15, 0.2) is 18.2 Å². The van der Waals surface area contributed by atoms with Crippen molar-refractivity contribution in [3.63, 3.8) is 0 Å². The zero-order valence-corrected chi connectivity index (χ0v) is 13.6. The Morgan fingerprint density at radius 2 is 1.80 bits per heavy atom. The molecule has 0 amide bonds. The maximum Gasteiger partial charge on any atom is 0.121 e. The number of nitrogen functional groups attached to an aromatic ring is 1. The highest BCUT2D eigenvalue weighted by Crippen LogP contribution is 2.19. The zero-order chi connectivity index (χ0) is 11.7. The molecule has 0 saturated carbocycles. The number of anilines is 1. The molecule has 1 fully saturated rings. The number of halogens is 3. The van der Waals surface area contributed by atoms with Gasteiger partial charge < -0.3 is 10.7 Å². The van der Waals surface area contributed by atoms with E-state index in [1.165, 1.54) is 32.4 Å². The fourth-order valence-corrected chi connectivity index (χ4v) is 2.51. The van der Waals surface area contributed by atoms with E-state index >= 15 is 0 Å². The van der Waals surface area contributed by atoms with Gasteiger partial charge in [-0.1, -0.05) is 12.5 Å². The molecule has 2 heterocycles. The van der Waals surface area contributed by atoms with Crippen LogP contribution >= 0.6 is 37.2 Å². The van der Waals surface area contributed by atoms with Gasteiger partial charge in [0.25, 0.3) is 0 Å². The van der Waals surface area contributed by atoms with Crippen LogP contribution in [0, 0.1) is 0 Å². The van der Waals surface area contributed by atoms with Gasteiger partial charge in [0.15, 0.2) is 0 Å². The SMILES string of the molecule is Cl.Cl.Cl.Nc1cccc2[nH]c(CN3CCCCC3)nc12. The van der Waals surface area contributed by atoms with E-state index in [-0.39, 0.29) is 37.2 Å². The Bertz CT molecular complexity index is 523. The van der Waals surface area contributed by atoms with Gasteiger partial charge in [0.2, 0.25) is 0 Å². The highest BCUT2D eigenvalue weighted by Gasteiger charge is 2.13. The molecule has 3 rings (SSSR count). The molecule has 1 aromatic heterocycles. The molecule has 4 nitrogen and oxygen atoms in total. The van der Waals surface area contributed by atoms with Crippen LogP contribution in [0.2, 0.25) is 0 Å². The normalized spacial score (nSPS) is 15.0. The van der Waals surface area contributed by atoms with Crippen LogP contribution in [0.4, 0.5) is 5.69 Å². The first-order chi connectivity index (χ1) is 8.33. The Kier molecular flexibility index (Phi) is 8.28. The molecule has 20 heavy (non-hydrogen) atoms. The molecule has 0 unspecified atom stereocenters. The topological polar surface area (TPSA) is 57.9 Å². The van der Waals surface area contributed by atoms with Gasteiger partial charge in [-0.05, 0) is 38.1 Å². The molecule has 0 atom stereocenters. The van der Waals surface area contributed by atoms with Crippen LogP contribution in [0.3, 0.4) is 0 Å². The van der Waals surface area contributed by atoms with Crippen molar-refractivity contribution >= 4 is 53.9 Å². The fourth-order valence-electron chi connectivity index (χ4n) is 2.51. The second kappa shape index (κ2) is 8.57. The molecule has 2 aromatic rings. The maximum absolute atomic E-state index is 5.91. The Morgan fingerprint density at radius 1 is 1.10 bits per heavy atom. The number of nitrogens with two attached hydrogens (primary N) is 1. The minimum atomic E-state index is 0. The average molecular weight is 340 g/mol. The van der Waals surface area contributed by atoms with Gasteiger partial charge in [0.1, 0.15) is 11.3 Å². The highest BCUT2D eigenvalue weighted by atomic mass is 35.5. The molecule has 1 aromatic carbocycles. The van der Waals surface area contributed by atoms with E-state index in [2.05, 4.69) is 14.9 Å². The van der Waals surface area contributed by atoms with Crippen LogP contribution in [0.5, 0.6) is 0 Å². The number of hydrogen-bond donors (Lipinski definition) is 2. The first-order valence-electron chi connectivity index (χ1n) is 6.28. The minimum absolute atomic E-state index is 0. The summed E-state index contributed by atoms with van der Waals surface area (Å²) in [5.74, 6) is 1.03. The first-order valence-corrected chi connectivity index (χ1v) is 6.28. The number of hydrogen-bond acceptors (Lipinski definition) is 3. The molecule has 7 heteroatoms. The summed E-state index contributed by atoms with van der Waals surface area (Å²) in [6, 6.07) is 5.88. The summed E-state index contributed by atoms with van der Waals surface area (Å²) < 4.78 is 0. The molecule has 1 aliphatic heterocycles. The number of nitrogens with one attached hydrogen (secondary N) is 1. The summed E-state index contributed by atoms with van der Waals surface area (Å²) in [5, 5.41) is 0. The molecular formula is C13H21Cl3N4. The standard InChI is InChI=1S/C13H18N4.3ClH/c14-10-5-4-6-11-13(10)16-12(15-11)9-17-7-2-1-3-8-17;;;/h4-6H,1-3,7-9,14H2,(H,15,16);3*1H. The fraction of sp³-hybridized carbons (Fsp3) is 0.462. The number of piperidine rings is 1. The van der Waals surface area contributed by atoms with Gasteiger partial charge in [-0.3, -0.25) is 4.90 Å². The Hall–Kier alpha value is -0.680. The summed E-state index contributed by atoms with van der Waals surface area (Å²) in [5.41, 5.74) is 8.60. The van der Waals surface area contributed by atoms with E-state index in [4.69, 9.17) is 5.73 Å². The predicted octanol–water partition coefficient (Wildman–Crippen LogP) is 3.40. The third-order valence-electron chi connectivity index (χ3n) is 3.42. The van der Waals surface area contributed by atoms with E-state index in [0.29, 0.717) is 0 Å². The van der Waals surface area contributed by atoms with E-state index in [1.54, 1.807) is 0 Å². The van der Waals surface area contributed by atoms with Gasteiger partial charge in [-0.25, -0.2) is 4.98 Å². The lowest BCUT2D eigenvalue weighted by molar-refractivity contribution is 0.216. The minimum Gasteiger partial charge on any atom is -0.397 e. The Balaban J connectivity index is 0.00000120. The van der Waals surface area contributed by atoms with E-state index in [1.807, 2.05) is 18.2 Å². The van der Waals surface area contributed by atoms with Crippen LogP contribution in [-0.2, 0) is 6.54 Å². The Labute approximate surface area is 137 Å². The van der Waals surface area contributed by atoms with Crippen molar-refractivity contribution in [2.24, 2.45) is 0 Å². The van der Waals surface area contributed by atoms with E-state index in [0.717, 1.165) is 29.1 Å². The number of para-hydroxylation sites is 1. The van der Waals surface area contributed by atoms with Crippen molar-refractivity contribution in [1.29, 1.82) is 0 Å². The van der Waals surface area contributed by atoms with Crippen molar-refractivity contribution in [1.82, 2.24) is 14.9 Å².